The van der Waals surface area contributed by atoms with Gasteiger partial charge in [0.15, 0.2) is 0 Å². The van der Waals surface area contributed by atoms with E-state index in [1.807, 2.05) is 0 Å². The van der Waals surface area contributed by atoms with Gasteiger partial charge in [-0.05, 0) is 43.8 Å². The zero-order valence-corrected chi connectivity index (χ0v) is 13.9. The molecular weight excluding hydrogens is 290 g/mol. The zero-order valence-electron chi connectivity index (χ0n) is 13.9. The van der Waals surface area contributed by atoms with E-state index in [4.69, 9.17) is 0 Å². The maximum Gasteiger partial charge on any atom is 0.234 e. The summed E-state index contributed by atoms with van der Waals surface area (Å²) in [6.07, 6.45) is 3.41. The summed E-state index contributed by atoms with van der Waals surface area (Å²) in [5, 5.41) is 5.52. The van der Waals surface area contributed by atoms with E-state index in [-0.39, 0.29) is 11.8 Å². The molecule has 1 aliphatic rings. The summed E-state index contributed by atoms with van der Waals surface area (Å²) in [5.74, 6) is 0.566. The number of rotatable bonds is 6. The second kappa shape index (κ2) is 9.30. The van der Waals surface area contributed by atoms with E-state index in [0.29, 0.717) is 25.6 Å². The van der Waals surface area contributed by atoms with Crippen molar-refractivity contribution < 1.29 is 9.59 Å². The third-order valence-electron chi connectivity index (χ3n) is 4.28. The molecular formula is C18H27N3O2. The first-order chi connectivity index (χ1) is 11.1. The van der Waals surface area contributed by atoms with Crippen LogP contribution in [0.25, 0.3) is 0 Å². The molecule has 0 radical (unpaired) electrons. The van der Waals surface area contributed by atoms with E-state index < -0.39 is 0 Å². The van der Waals surface area contributed by atoms with Crippen molar-refractivity contribution in [2.75, 3.05) is 32.7 Å². The number of carbonyl (C=O) groups is 2. The van der Waals surface area contributed by atoms with Crippen LogP contribution in [0, 0.1) is 0 Å². The van der Waals surface area contributed by atoms with Gasteiger partial charge in [-0.15, -0.1) is 0 Å². The third-order valence-corrected chi connectivity index (χ3v) is 4.28. The molecule has 2 N–H and O–H groups in total. The van der Waals surface area contributed by atoms with Crippen molar-refractivity contribution in [3.8, 4) is 0 Å². The Hall–Kier alpha value is -1.88. The quantitative estimate of drug-likeness (QED) is 0.782. The van der Waals surface area contributed by atoms with Gasteiger partial charge in [0.25, 0.3) is 0 Å². The van der Waals surface area contributed by atoms with Gasteiger partial charge < -0.3 is 10.6 Å². The van der Waals surface area contributed by atoms with Gasteiger partial charge in [0, 0.05) is 20.0 Å². The molecule has 1 aliphatic heterocycles. The summed E-state index contributed by atoms with van der Waals surface area (Å²) in [6.45, 7) is 4.82. The Kier molecular flexibility index (Phi) is 7.07. The second-order valence-corrected chi connectivity index (χ2v) is 6.15. The molecule has 0 aromatic heterocycles. The molecule has 1 aromatic rings. The zero-order chi connectivity index (χ0) is 16.5. The molecule has 1 fully saturated rings. The van der Waals surface area contributed by atoms with E-state index in [9.17, 15) is 9.59 Å². The van der Waals surface area contributed by atoms with Crippen molar-refractivity contribution in [1.82, 2.24) is 15.5 Å². The Bertz CT molecular complexity index is 504. The Morgan fingerprint density at radius 1 is 1.09 bits per heavy atom. The number of nitrogens with zero attached hydrogens (tertiary/aromatic N) is 1. The minimum atomic E-state index is -0.0706. The molecule has 5 nitrogen and oxygen atoms in total. The Morgan fingerprint density at radius 3 is 2.57 bits per heavy atom. The predicted molar refractivity (Wildman–Crippen MR) is 91.2 cm³/mol. The molecule has 0 unspecified atom stereocenters. The highest BCUT2D eigenvalue weighted by molar-refractivity contribution is 5.78. The van der Waals surface area contributed by atoms with Gasteiger partial charge in [0.2, 0.25) is 11.8 Å². The average molecular weight is 317 g/mol. The fourth-order valence-corrected chi connectivity index (χ4v) is 3.07. The van der Waals surface area contributed by atoms with Crippen LogP contribution in [0.4, 0.5) is 0 Å². The van der Waals surface area contributed by atoms with Crippen molar-refractivity contribution in [3.63, 3.8) is 0 Å². The van der Waals surface area contributed by atoms with E-state index in [2.05, 4.69) is 45.9 Å². The number of carbonyl (C=O) groups excluding carboxylic acids is 2. The largest absolute Gasteiger partial charge is 0.355 e. The van der Waals surface area contributed by atoms with Gasteiger partial charge >= 0.3 is 0 Å². The van der Waals surface area contributed by atoms with Gasteiger partial charge in [-0.2, -0.15) is 0 Å². The molecule has 2 rings (SSSR count). The summed E-state index contributed by atoms with van der Waals surface area (Å²) in [5.41, 5.74) is 1.41. The molecule has 0 spiro atoms. The summed E-state index contributed by atoms with van der Waals surface area (Å²) in [7, 11) is 0. The van der Waals surface area contributed by atoms with Gasteiger partial charge in [-0.25, -0.2) is 0 Å². The van der Waals surface area contributed by atoms with Crippen molar-refractivity contribution in [2.24, 2.45) is 0 Å². The van der Waals surface area contributed by atoms with Gasteiger partial charge in [0.05, 0.1) is 6.54 Å². The fraction of sp³-hybridized carbons (Fsp3) is 0.556. The summed E-state index contributed by atoms with van der Waals surface area (Å²) < 4.78 is 0. The smallest absolute Gasteiger partial charge is 0.234 e. The lowest BCUT2D eigenvalue weighted by Crippen LogP contribution is -2.40. The van der Waals surface area contributed by atoms with E-state index in [1.165, 1.54) is 18.9 Å². The molecule has 2 amide bonds. The molecule has 1 heterocycles. The van der Waals surface area contributed by atoms with Crippen LogP contribution in [0.5, 0.6) is 0 Å². The summed E-state index contributed by atoms with van der Waals surface area (Å²) in [4.78, 5) is 24.9. The van der Waals surface area contributed by atoms with E-state index >= 15 is 0 Å². The highest BCUT2D eigenvalue weighted by atomic mass is 16.2. The SMILES string of the molecule is CC(=O)NCCNC(=O)CN1CCC[C@H](c2ccccc2)CC1. The number of hydrogen-bond donors (Lipinski definition) is 2. The molecule has 0 bridgehead atoms. The molecule has 1 saturated heterocycles. The van der Waals surface area contributed by atoms with Crippen LogP contribution in [0.1, 0.15) is 37.7 Å². The number of amides is 2. The second-order valence-electron chi connectivity index (χ2n) is 6.15. The Balaban J connectivity index is 1.71. The Morgan fingerprint density at radius 2 is 1.83 bits per heavy atom. The van der Waals surface area contributed by atoms with Crippen LogP contribution >= 0.6 is 0 Å². The van der Waals surface area contributed by atoms with E-state index in [0.717, 1.165) is 25.9 Å². The number of nitrogens with one attached hydrogen (secondary N) is 2. The van der Waals surface area contributed by atoms with Crippen molar-refractivity contribution in [3.05, 3.63) is 35.9 Å². The van der Waals surface area contributed by atoms with Crippen LogP contribution in [-0.4, -0.2) is 49.4 Å². The third kappa shape index (κ3) is 6.40. The predicted octanol–water partition coefficient (Wildman–Crippen LogP) is 1.51. The average Bonchev–Trinajstić information content (AvgIpc) is 2.78. The minimum Gasteiger partial charge on any atom is -0.355 e. The van der Waals surface area contributed by atoms with Crippen LogP contribution in [0.3, 0.4) is 0 Å². The van der Waals surface area contributed by atoms with Crippen LogP contribution < -0.4 is 10.6 Å². The molecule has 0 aliphatic carbocycles. The van der Waals surface area contributed by atoms with Crippen molar-refractivity contribution in [2.45, 2.75) is 32.1 Å². The number of likely N-dealkylation sites (tertiary alicyclic amines) is 1. The van der Waals surface area contributed by atoms with Crippen LogP contribution in [-0.2, 0) is 9.59 Å². The maximum atomic E-state index is 12.0. The lowest BCUT2D eigenvalue weighted by molar-refractivity contribution is -0.123. The molecule has 126 valence electrons. The lowest BCUT2D eigenvalue weighted by Gasteiger charge is -2.19. The first-order valence-corrected chi connectivity index (χ1v) is 8.43. The monoisotopic (exact) mass is 317 g/mol. The number of hydrogen-bond acceptors (Lipinski definition) is 3. The van der Waals surface area contributed by atoms with Crippen molar-refractivity contribution in [1.29, 1.82) is 0 Å². The highest BCUT2D eigenvalue weighted by Gasteiger charge is 2.19. The minimum absolute atomic E-state index is 0.0357. The standard InChI is InChI=1S/C18H27N3O2/c1-15(22)19-10-11-20-18(23)14-21-12-5-8-17(9-13-21)16-6-3-2-4-7-16/h2-4,6-7,17H,5,8-14H2,1H3,(H,19,22)(H,20,23)/t17-/m0/s1. The maximum absolute atomic E-state index is 12.0. The fourth-order valence-electron chi connectivity index (χ4n) is 3.07. The molecule has 5 heteroatoms. The summed E-state index contributed by atoms with van der Waals surface area (Å²) >= 11 is 0. The van der Waals surface area contributed by atoms with E-state index in [1.54, 1.807) is 0 Å². The Labute approximate surface area is 138 Å². The molecule has 0 saturated carbocycles. The van der Waals surface area contributed by atoms with Gasteiger partial charge in [0.1, 0.15) is 0 Å². The highest BCUT2D eigenvalue weighted by Crippen LogP contribution is 2.27. The first kappa shape index (κ1) is 17.5. The van der Waals surface area contributed by atoms with Crippen LogP contribution in [0.2, 0.25) is 0 Å². The topological polar surface area (TPSA) is 61.4 Å². The van der Waals surface area contributed by atoms with Crippen molar-refractivity contribution >= 4 is 11.8 Å². The summed E-state index contributed by atoms with van der Waals surface area (Å²) in [6, 6.07) is 10.7. The van der Waals surface area contributed by atoms with Gasteiger partial charge in [-0.3, -0.25) is 14.5 Å². The van der Waals surface area contributed by atoms with Crippen LogP contribution in [0.15, 0.2) is 30.3 Å². The van der Waals surface area contributed by atoms with Gasteiger partial charge in [-0.1, -0.05) is 30.3 Å². The molecule has 23 heavy (non-hydrogen) atoms. The normalized spacial score (nSPS) is 18.9. The lowest BCUT2D eigenvalue weighted by atomic mass is 9.92. The first-order valence-electron chi connectivity index (χ1n) is 8.43. The molecule has 1 atom stereocenters. The number of benzene rings is 1. The molecule has 1 aromatic carbocycles.